The lowest BCUT2D eigenvalue weighted by atomic mass is 9.73. The molecular weight excluding hydrogens is 244 g/mol. The highest BCUT2D eigenvalue weighted by molar-refractivity contribution is 5.69. The number of epoxide rings is 1. The van der Waals surface area contributed by atoms with E-state index in [2.05, 4.69) is 11.9 Å². The zero-order valence-electron chi connectivity index (χ0n) is 11.6. The fourth-order valence-corrected chi connectivity index (χ4v) is 4.03. The van der Waals surface area contributed by atoms with Crippen LogP contribution in [0.15, 0.2) is 0 Å². The molecule has 1 amide bonds. The van der Waals surface area contributed by atoms with Gasteiger partial charge < -0.3 is 19.3 Å². The Morgan fingerprint density at radius 2 is 1.84 bits per heavy atom. The summed E-state index contributed by atoms with van der Waals surface area (Å²) in [5.41, 5.74) is 0.576. The van der Waals surface area contributed by atoms with E-state index in [1.807, 2.05) is 4.90 Å². The Labute approximate surface area is 113 Å². The number of hydrogen-bond donors (Lipinski definition) is 0. The van der Waals surface area contributed by atoms with E-state index in [1.54, 1.807) is 0 Å². The lowest BCUT2D eigenvalue weighted by molar-refractivity contribution is -0.100. The zero-order chi connectivity index (χ0) is 13.1. The molecule has 0 atom stereocenters. The molecule has 3 saturated heterocycles. The van der Waals surface area contributed by atoms with Crippen LogP contribution in [-0.4, -0.2) is 67.4 Å². The second kappa shape index (κ2) is 3.85. The maximum atomic E-state index is 12.0. The van der Waals surface area contributed by atoms with Gasteiger partial charge in [-0.3, -0.25) is 0 Å². The van der Waals surface area contributed by atoms with E-state index in [-0.39, 0.29) is 17.8 Å². The second-order valence-corrected chi connectivity index (χ2v) is 7.08. The van der Waals surface area contributed by atoms with Crippen molar-refractivity contribution < 1.29 is 14.3 Å². The summed E-state index contributed by atoms with van der Waals surface area (Å²) in [5.74, 6) is 0. The van der Waals surface area contributed by atoms with Gasteiger partial charge in [0.15, 0.2) is 0 Å². The lowest BCUT2D eigenvalue weighted by Gasteiger charge is -2.59. The first kappa shape index (κ1) is 12.0. The molecule has 0 N–H and O–H groups in total. The second-order valence-electron chi connectivity index (χ2n) is 7.08. The molecule has 0 bridgehead atoms. The fraction of sp³-hybridized carbons (Fsp3) is 0.929. The van der Waals surface area contributed by atoms with Crippen LogP contribution in [0.1, 0.15) is 25.7 Å². The molecule has 19 heavy (non-hydrogen) atoms. The standard InChI is InChI=1S/C14H22N2O3/c1-15-6-13(7-15)8-16(9-13)12(17)19-11-2-4-14(5-3-11)10-18-14/h11H,2-10H2,1H3. The van der Waals surface area contributed by atoms with Crippen molar-refractivity contribution in [1.29, 1.82) is 0 Å². The summed E-state index contributed by atoms with van der Waals surface area (Å²) in [6, 6.07) is 0. The average Bonchev–Trinajstić information content (AvgIpc) is 3.05. The first-order chi connectivity index (χ1) is 9.08. The van der Waals surface area contributed by atoms with Crippen LogP contribution >= 0.6 is 0 Å². The molecule has 0 aromatic heterocycles. The summed E-state index contributed by atoms with van der Waals surface area (Å²) in [4.78, 5) is 16.2. The van der Waals surface area contributed by atoms with Gasteiger partial charge in [-0.2, -0.15) is 0 Å². The molecule has 4 rings (SSSR count). The van der Waals surface area contributed by atoms with Gasteiger partial charge in [0.25, 0.3) is 0 Å². The highest BCUT2D eigenvalue weighted by Gasteiger charge is 2.53. The van der Waals surface area contributed by atoms with Gasteiger partial charge in [0, 0.05) is 31.6 Å². The topological polar surface area (TPSA) is 45.3 Å². The fourth-order valence-electron chi connectivity index (χ4n) is 4.03. The largest absolute Gasteiger partial charge is 0.446 e. The van der Waals surface area contributed by atoms with E-state index in [0.29, 0.717) is 5.41 Å². The molecule has 1 aliphatic carbocycles. The smallest absolute Gasteiger partial charge is 0.410 e. The zero-order valence-corrected chi connectivity index (χ0v) is 11.6. The number of nitrogens with zero attached hydrogens (tertiary/aromatic N) is 2. The Kier molecular flexibility index (Phi) is 2.43. The van der Waals surface area contributed by atoms with Gasteiger partial charge in [-0.25, -0.2) is 4.79 Å². The molecule has 0 unspecified atom stereocenters. The van der Waals surface area contributed by atoms with E-state index in [4.69, 9.17) is 9.47 Å². The van der Waals surface area contributed by atoms with Crippen LogP contribution in [0.4, 0.5) is 4.79 Å². The van der Waals surface area contributed by atoms with Gasteiger partial charge >= 0.3 is 6.09 Å². The van der Waals surface area contributed by atoms with Crippen molar-refractivity contribution in [2.75, 3.05) is 39.8 Å². The number of carbonyl (C=O) groups excluding carboxylic acids is 1. The molecule has 0 aromatic rings. The van der Waals surface area contributed by atoms with Gasteiger partial charge in [-0.15, -0.1) is 0 Å². The first-order valence-corrected chi connectivity index (χ1v) is 7.36. The molecule has 4 aliphatic rings. The quantitative estimate of drug-likeness (QED) is 0.666. The van der Waals surface area contributed by atoms with Gasteiger partial charge in [-0.1, -0.05) is 0 Å². The summed E-state index contributed by atoms with van der Waals surface area (Å²) >= 11 is 0. The minimum atomic E-state index is -0.0992. The molecule has 4 fully saturated rings. The molecule has 3 heterocycles. The van der Waals surface area contributed by atoms with Gasteiger partial charge in [0.1, 0.15) is 6.10 Å². The van der Waals surface area contributed by atoms with Crippen LogP contribution < -0.4 is 0 Å². The van der Waals surface area contributed by atoms with E-state index in [1.165, 1.54) is 0 Å². The molecule has 5 heteroatoms. The average molecular weight is 266 g/mol. The van der Waals surface area contributed by atoms with Crippen molar-refractivity contribution in [2.24, 2.45) is 5.41 Å². The van der Waals surface area contributed by atoms with Crippen molar-refractivity contribution in [1.82, 2.24) is 9.80 Å². The Morgan fingerprint density at radius 1 is 1.21 bits per heavy atom. The van der Waals surface area contributed by atoms with Gasteiger partial charge in [0.05, 0.1) is 12.2 Å². The minimum Gasteiger partial charge on any atom is -0.446 e. The predicted molar refractivity (Wildman–Crippen MR) is 68.9 cm³/mol. The van der Waals surface area contributed by atoms with Gasteiger partial charge in [0.2, 0.25) is 0 Å². The number of hydrogen-bond acceptors (Lipinski definition) is 4. The molecule has 106 valence electrons. The Balaban J connectivity index is 1.22. The van der Waals surface area contributed by atoms with Crippen molar-refractivity contribution >= 4 is 6.09 Å². The molecule has 2 spiro atoms. The van der Waals surface area contributed by atoms with E-state index in [9.17, 15) is 4.79 Å². The molecule has 1 saturated carbocycles. The summed E-state index contributed by atoms with van der Waals surface area (Å²) in [6.45, 7) is 4.93. The normalized spacial score (nSPS) is 39.8. The highest BCUT2D eigenvalue weighted by atomic mass is 16.6. The SMILES string of the molecule is CN1CC2(C1)CN(C(=O)OC1CCC3(CC1)CO3)C2. The number of ether oxygens (including phenoxy) is 2. The van der Waals surface area contributed by atoms with Crippen molar-refractivity contribution in [3.63, 3.8) is 0 Å². The Morgan fingerprint density at radius 3 is 2.37 bits per heavy atom. The number of amides is 1. The third kappa shape index (κ3) is 2.03. The van der Waals surface area contributed by atoms with Crippen molar-refractivity contribution in [3.05, 3.63) is 0 Å². The minimum absolute atomic E-state index is 0.0992. The Hall–Kier alpha value is -0.810. The number of rotatable bonds is 1. The van der Waals surface area contributed by atoms with Crippen LogP contribution in [0, 0.1) is 5.41 Å². The number of carbonyl (C=O) groups is 1. The molecule has 3 aliphatic heterocycles. The maximum Gasteiger partial charge on any atom is 0.410 e. The van der Waals surface area contributed by atoms with Crippen LogP contribution in [0.3, 0.4) is 0 Å². The maximum absolute atomic E-state index is 12.0. The predicted octanol–water partition coefficient (Wildman–Crippen LogP) is 1.08. The summed E-state index contributed by atoms with van der Waals surface area (Å²) in [7, 11) is 2.13. The van der Waals surface area contributed by atoms with E-state index >= 15 is 0 Å². The van der Waals surface area contributed by atoms with Crippen LogP contribution in [0.2, 0.25) is 0 Å². The third-order valence-corrected chi connectivity index (χ3v) is 5.19. The monoisotopic (exact) mass is 266 g/mol. The lowest BCUT2D eigenvalue weighted by Crippen LogP contribution is -2.72. The Bertz CT molecular complexity index is 383. The third-order valence-electron chi connectivity index (χ3n) is 5.19. The van der Waals surface area contributed by atoms with Crippen molar-refractivity contribution in [3.8, 4) is 0 Å². The van der Waals surface area contributed by atoms with Crippen LogP contribution in [0.25, 0.3) is 0 Å². The van der Waals surface area contributed by atoms with E-state index < -0.39 is 0 Å². The molecule has 0 aromatic carbocycles. The highest BCUT2D eigenvalue weighted by Crippen LogP contribution is 2.43. The van der Waals surface area contributed by atoms with Crippen molar-refractivity contribution in [2.45, 2.75) is 37.4 Å². The summed E-state index contributed by atoms with van der Waals surface area (Å²) in [6.07, 6.45) is 4.06. The van der Waals surface area contributed by atoms with Gasteiger partial charge in [-0.05, 0) is 32.7 Å². The van der Waals surface area contributed by atoms with Crippen LogP contribution in [0.5, 0.6) is 0 Å². The molecule has 0 radical (unpaired) electrons. The summed E-state index contributed by atoms with van der Waals surface area (Å²) in [5, 5.41) is 0. The van der Waals surface area contributed by atoms with Crippen LogP contribution in [-0.2, 0) is 9.47 Å². The molecular formula is C14H22N2O3. The summed E-state index contributed by atoms with van der Waals surface area (Å²) < 4.78 is 11.1. The first-order valence-electron chi connectivity index (χ1n) is 7.36. The van der Waals surface area contributed by atoms with E-state index in [0.717, 1.165) is 58.5 Å². The molecule has 5 nitrogen and oxygen atoms in total. The number of likely N-dealkylation sites (tertiary alicyclic amines) is 2.